The molecule has 0 fully saturated rings. The second kappa shape index (κ2) is 5.78. The van der Waals surface area contributed by atoms with E-state index >= 15 is 0 Å². The van der Waals surface area contributed by atoms with Crippen LogP contribution in [0.2, 0.25) is 10.0 Å². The molecule has 0 unspecified atom stereocenters. The summed E-state index contributed by atoms with van der Waals surface area (Å²) in [7, 11) is 4.09. The van der Waals surface area contributed by atoms with E-state index < -0.39 is 0 Å². The minimum Gasteiger partial charge on any atom is -1.00 e. The summed E-state index contributed by atoms with van der Waals surface area (Å²) in [4.78, 5) is 2.12. The fourth-order valence-electron chi connectivity index (χ4n) is 1.97. The molecule has 2 rings (SSSR count). The highest BCUT2D eigenvalue weighted by molar-refractivity contribution is 6.36. The van der Waals surface area contributed by atoms with Crippen molar-refractivity contribution in [1.82, 2.24) is 9.30 Å². The van der Waals surface area contributed by atoms with Crippen molar-refractivity contribution < 1.29 is 24.0 Å². The fraction of sp³-hybridized carbons (Fsp3) is 0.333. The molecule has 0 aliphatic heterocycles. The summed E-state index contributed by atoms with van der Waals surface area (Å²) in [5, 5.41) is 1.37. The quantitative estimate of drug-likeness (QED) is 0.690. The molecule has 0 atom stereocenters. The maximum absolute atomic E-state index is 6.24. The maximum Gasteiger partial charge on any atom is 0.0686 e. The predicted molar refractivity (Wildman–Crippen MR) is 69.5 cm³/mol. The van der Waals surface area contributed by atoms with Crippen LogP contribution in [0, 0.1) is 6.92 Å². The normalized spacial score (nSPS) is 10.9. The largest absolute Gasteiger partial charge is 1.00 e. The molecule has 17 heavy (non-hydrogen) atoms. The third kappa shape index (κ3) is 3.08. The average molecular weight is 384 g/mol. The molecule has 94 valence electrons. The summed E-state index contributed by atoms with van der Waals surface area (Å²) in [6.07, 6.45) is 1.90. The van der Waals surface area contributed by atoms with Gasteiger partial charge in [-0.3, -0.25) is 0 Å². The second-order valence-electron chi connectivity index (χ2n) is 4.27. The smallest absolute Gasteiger partial charge is 0.0686 e. The van der Waals surface area contributed by atoms with Crippen molar-refractivity contribution in [2.24, 2.45) is 0 Å². The van der Waals surface area contributed by atoms with Crippen LogP contribution in [0.4, 0.5) is 0 Å². The molecule has 2 aromatic heterocycles. The van der Waals surface area contributed by atoms with Gasteiger partial charge in [0.1, 0.15) is 0 Å². The Morgan fingerprint density at radius 1 is 1.24 bits per heavy atom. The van der Waals surface area contributed by atoms with E-state index in [1.54, 1.807) is 6.07 Å². The molecule has 5 heteroatoms. The number of fused-ring (bicyclic) bond motifs is 1. The van der Waals surface area contributed by atoms with Crippen LogP contribution in [-0.4, -0.2) is 23.4 Å². The maximum atomic E-state index is 6.24. The molecule has 2 heterocycles. The van der Waals surface area contributed by atoms with E-state index in [1.807, 2.05) is 24.7 Å². The first-order chi connectivity index (χ1) is 7.49. The number of rotatable bonds is 2. The van der Waals surface area contributed by atoms with Crippen LogP contribution in [0.1, 0.15) is 11.3 Å². The van der Waals surface area contributed by atoms with Gasteiger partial charge in [-0.05, 0) is 38.7 Å². The molecule has 0 N–H and O–H groups in total. The lowest BCUT2D eigenvalue weighted by atomic mass is 10.2. The molecule has 0 aromatic carbocycles. The number of aromatic nitrogens is 1. The van der Waals surface area contributed by atoms with Gasteiger partial charge in [0.15, 0.2) is 0 Å². The first kappa shape index (κ1) is 15.1. The number of aryl methyl sites for hydroxylation is 1. The van der Waals surface area contributed by atoms with Gasteiger partial charge in [0.25, 0.3) is 0 Å². The third-order valence-electron chi connectivity index (χ3n) is 2.54. The Morgan fingerprint density at radius 2 is 1.88 bits per heavy atom. The van der Waals surface area contributed by atoms with Gasteiger partial charge < -0.3 is 33.3 Å². The molecule has 0 radical (unpaired) electrons. The molecule has 0 bridgehead atoms. The lowest BCUT2D eigenvalue weighted by Gasteiger charge is -2.09. The lowest BCUT2D eigenvalue weighted by molar-refractivity contribution is -0.00000333. The van der Waals surface area contributed by atoms with Crippen LogP contribution in [0.25, 0.3) is 5.52 Å². The van der Waals surface area contributed by atoms with E-state index in [1.165, 1.54) is 5.56 Å². The lowest BCUT2D eigenvalue weighted by Crippen LogP contribution is -3.00. The molecular weight excluding hydrogens is 370 g/mol. The molecule has 0 saturated heterocycles. The highest BCUT2D eigenvalue weighted by atomic mass is 127. The molecule has 0 saturated carbocycles. The van der Waals surface area contributed by atoms with Crippen LogP contribution < -0.4 is 24.0 Å². The number of halogens is 3. The SMILES string of the molecule is Cc1cc(CN(C)C)c2c(Cl)cc(Cl)cn12.[I-]. The van der Waals surface area contributed by atoms with Gasteiger partial charge in [0.05, 0.1) is 15.6 Å². The predicted octanol–water partition coefficient (Wildman–Crippen LogP) is 0.620. The molecule has 0 spiro atoms. The Labute approximate surface area is 129 Å². The number of hydrogen-bond donors (Lipinski definition) is 0. The van der Waals surface area contributed by atoms with E-state index in [9.17, 15) is 0 Å². The zero-order valence-corrected chi connectivity index (χ0v) is 13.6. The van der Waals surface area contributed by atoms with Crippen molar-refractivity contribution in [2.75, 3.05) is 14.1 Å². The summed E-state index contributed by atoms with van der Waals surface area (Å²) >= 11 is 12.2. The van der Waals surface area contributed by atoms with Gasteiger partial charge >= 0.3 is 0 Å². The highest BCUT2D eigenvalue weighted by Gasteiger charge is 2.11. The molecule has 0 aliphatic rings. The monoisotopic (exact) mass is 383 g/mol. The van der Waals surface area contributed by atoms with Gasteiger partial charge in [0.2, 0.25) is 0 Å². The molecular formula is C12H14Cl2IN2-. The van der Waals surface area contributed by atoms with Crippen molar-refractivity contribution in [3.63, 3.8) is 0 Å². The van der Waals surface area contributed by atoms with Gasteiger partial charge in [-0.15, -0.1) is 0 Å². The van der Waals surface area contributed by atoms with Crippen LogP contribution in [-0.2, 0) is 6.54 Å². The zero-order valence-electron chi connectivity index (χ0n) is 9.97. The van der Waals surface area contributed by atoms with Crippen LogP contribution in [0.15, 0.2) is 18.3 Å². The van der Waals surface area contributed by atoms with Crippen LogP contribution >= 0.6 is 23.2 Å². The van der Waals surface area contributed by atoms with E-state index in [2.05, 4.69) is 17.9 Å². The van der Waals surface area contributed by atoms with E-state index in [0.717, 1.165) is 17.8 Å². The number of pyridine rings is 1. The van der Waals surface area contributed by atoms with Crippen molar-refractivity contribution in [3.05, 3.63) is 39.6 Å². The molecule has 2 aromatic rings. The van der Waals surface area contributed by atoms with E-state index in [4.69, 9.17) is 23.2 Å². The summed E-state index contributed by atoms with van der Waals surface area (Å²) in [6, 6.07) is 3.94. The summed E-state index contributed by atoms with van der Waals surface area (Å²) in [5.41, 5.74) is 3.43. The van der Waals surface area contributed by atoms with Crippen molar-refractivity contribution in [3.8, 4) is 0 Å². The van der Waals surface area contributed by atoms with Gasteiger partial charge in [-0.2, -0.15) is 0 Å². The van der Waals surface area contributed by atoms with Crippen molar-refractivity contribution in [1.29, 1.82) is 0 Å². The third-order valence-corrected chi connectivity index (χ3v) is 3.03. The second-order valence-corrected chi connectivity index (χ2v) is 5.12. The Bertz CT molecular complexity index is 535. The minimum atomic E-state index is 0. The number of nitrogens with zero attached hydrogens (tertiary/aromatic N) is 2. The Kier molecular flexibility index (Phi) is 5.13. The Morgan fingerprint density at radius 3 is 2.47 bits per heavy atom. The summed E-state index contributed by atoms with van der Waals surface area (Å²) in [5.74, 6) is 0. The fourth-order valence-corrected chi connectivity index (χ4v) is 2.56. The standard InChI is InChI=1S/C12H14Cl2N2.HI/c1-8-4-9(6-15(2)3)12-11(14)5-10(13)7-16(8)12;/h4-5,7H,6H2,1-3H3;1H/p-1. The van der Waals surface area contributed by atoms with Gasteiger partial charge in [-0.25, -0.2) is 0 Å². The zero-order chi connectivity index (χ0) is 11.9. The molecule has 0 amide bonds. The first-order valence-corrected chi connectivity index (χ1v) is 5.85. The van der Waals surface area contributed by atoms with Crippen LogP contribution in [0.3, 0.4) is 0 Å². The highest BCUT2D eigenvalue weighted by Crippen LogP contribution is 2.28. The van der Waals surface area contributed by atoms with Crippen LogP contribution in [0.5, 0.6) is 0 Å². The molecule has 0 aliphatic carbocycles. The average Bonchev–Trinajstić information content (AvgIpc) is 2.42. The number of hydrogen-bond acceptors (Lipinski definition) is 1. The van der Waals surface area contributed by atoms with E-state index in [-0.39, 0.29) is 24.0 Å². The first-order valence-electron chi connectivity index (χ1n) is 5.09. The van der Waals surface area contributed by atoms with Crippen molar-refractivity contribution >= 4 is 28.7 Å². The summed E-state index contributed by atoms with van der Waals surface area (Å²) in [6.45, 7) is 2.93. The van der Waals surface area contributed by atoms with Gasteiger partial charge in [0, 0.05) is 18.4 Å². The van der Waals surface area contributed by atoms with E-state index in [0.29, 0.717) is 10.0 Å². The summed E-state index contributed by atoms with van der Waals surface area (Å²) < 4.78 is 2.05. The minimum absolute atomic E-state index is 0. The Balaban J connectivity index is 0.00000144. The van der Waals surface area contributed by atoms with Crippen molar-refractivity contribution in [2.45, 2.75) is 13.5 Å². The Hall–Kier alpha value is 0.0300. The van der Waals surface area contributed by atoms with Gasteiger partial charge in [-0.1, -0.05) is 23.2 Å². The topological polar surface area (TPSA) is 7.65 Å². The molecule has 2 nitrogen and oxygen atoms in total.